The van der Waals surface area contributed by atoms with E-state index in [2.05, 4.69) is 19.2 Å². The van der Waals surface area contributed by atoms with Crippen LogP contribution < -0.4 is 5.32 Å². The number of hydrogen-bond donors (Lipinski definition) is 1. The number of esters is 1. The van der Waals surface area contributed by atoms with Crippen molar-refractivity contribution in [3.8, 4) is 0 Å². The summed E-state index contributed by atoms with van der Waals surface area (Å²) in [6, 6.07) is 0. The van der Waals surface area contributed by atoms with Gasteiger partial charge in [0.15, 0.2) is 0 Å². The molecule has 16 heavy (non-hydrogen) atoms. The van der Waals surface area contributed by atoms with Crippen molar-refractivity contribution in [2.24, 2.45) is 0 Å². The quantitative estimate of drug-likeness (QED) is 0.485. The Kier molecular flexibility index (Phi) is 8.21. The molecule has 0 aliphatic carbocycles. The first-order valence-electron chi connectivity index (χ1n) is 5.93. The number of carbonyl (C=O) groups is 1. The first-order valence-corrected chi connectivity index (χ1v) is 5.93. The summed E-state index contributed by atoms with van der Waals surface area (Å²) in [5, 5.41) is 3.29. The van der Waals surface area contributed by atoms with E-state index in [0.717, 1.165) is 25.9 Å². The summed E-state index contributed by atoms with van der Waals surface area (Å²) < 4.78 is 10.1. The van der Waals surface area contributed by atoms with Crippen molar-refractivity contribution in [2.75, 3.05) is 26.8 Å². The summed E-state index contributed by atoms with van der Waals surface area (Å²) in [7, 11) is 1.72. The van der Waals surface area contributed by atoms with Gasteiger partial charge in [0.1, 0.15) is 0 Å². The summed E-state index contributed by atoms with van der Waals surface area (Å²) in [5.74, 6) is -0.110. The third-order valence-corrected chi connectivity index (χ3v) is 2.50. The van der Waals surface area contributed by atoms with E-state index in [-0.39, 0.29) is 11.6 Å². The van der Waals surface area contributed by atoms with E-state index in [1.807, 2.05) is 6.92 Å². The lowest BCUT2D eigenvalue weighted by Gasteiger charge is -2.22. The Morgan fingerprint density at radius 1 is 1.31 bits per heavy atom. The molecule has 4 heteroatoms. The van der Waals surface area contributed by atoms with Crippen LogP contribution in [0.4, 0.5) is 0 Å². The van der Waals surface area contributed by atoms with Crippen molar-refractivity contribution in [3.05, 3.63) is 0 Å². The summed E-state index contributed by atoms with van der Waals surface area (Å²) in [6.07, 6.45) is 2.28. The van der Waals surface area contributed by atoms with Gasteiger partial charge < -0.3 is 14.8 Å². The molecular weight excluding hydrogens is 206 g/mol. The van der Waals surface area contributed by atoms with Crippen molar-refractivity contribution < 1.29 is 14.3 Å². The number of carbonyl (C=O) groups excluding carboxylic acids is 1. The summed E-state index contributed by atoms with van der Waals surface area (Å²) in [5.41, 5.74) is -0.0753. The monoisotopic (exact) mass is 231 g/mol. The van der Waals surface area contributed by atoms with Crippen LogP contribution in [-0.2, 0) is 14.3 Å². The lowest BCUT2D eigenvalue weighted by atomic mass is 10.1. The molecule has 0 aromatic carbocycles. The van der Waals surface area contributed by atoms with E-state index >= 15 is 0 Å². The van der Waals surface area contributed by atoms with E-state index in [4.69, 9.17) is 9.47 Å². The van der Waals surface area contributed by atoms with Gasteiger partial charge in [-0.25, -0.2) is 0 Å². The Morgan fingerprint density at radius 3 is 2.56 bits per heavy atom. The average Bonchev–Trinajstić information content (AvgIpc) is 2.23. The van der Waals surface area contributed by atoms with Gasteiger partial charge in [0.25, 0.3) is 0 Å². The molecule has 0 saturated carbocycles. The fourth-order valence-corrected chi connectivity index (χ4v) is 1.21. The van der Waals surface area contributed by atoms with Gasteiger partial charge in [-0.15, -0.1) is 0 Å². The molecule has 0 aliphatic rings. The second-order valence-corrected chi connectivity index (χ2v) is 4.37. The highest BCUT2D eigenvalue weighted by molar-refractivity contribution is 5.69. The van der Waals surface area contributed by atoms with Gasteiger partial charge in [-0.1, -0.05) is 0 Å². The third-order valence-electron chi connectivity index (χ3n) is 2.50. The Bertz CT molecular complexity index is 193. The molecule has 4 nitrogen and oxygen atoms in total. The Labute approximate surface area is 98.7 Å². The maximum Gasteiger partial charge on any atom is 0.305 e. The number of ether oxygens (including phenoxy) is 2. The van der Waals surface area contributed by atoms with Gasteiger partial charge >= 0.3 is 5.97 Å². The predicted octanol–water partition coefficient (Wildman–Crippen LogP) is 1.73. The smallest absolute Gasteiger partial charge is 0.305 e. The SMILES string of the molecule is CCOC(=O)CCCNCCC(C)(C)OC. The molecule has 0 spiro atoms. The van der Waals surface area contributed by atoms with Gasteiger partial charge in [0.05, 0.1) is 12.2 Å². The summed E-state index contributed by atoms with van der Waals surface area (Å²) in [4.78, 5) is 11.0. The molecule has 0 aromatic heterocycles. The Morgan fingerprint density at radius 2 is 2.00 bits per heavy atom. The topological polar surface area (TPSA) is 47.6 Å². The minimum absolute atomic E-state index is 0.0753. The van der Waals surface area contributed by atoms with Crippen LogP contribution in [-0.4, -0.2) is 38.4 Å². The summed E-state index contributed by atoms with van der Waals surface area (Å²) >= 11 is 0. The number of rotatable bonds is 9. The van der Waals surface area contributed by atoms with Crippen molar-refractivity contribution in [1.82, 2.24) is 5.32 Å². The van der Waals surface area contributed by atoms with Crippen LogP contribution >= 0.6 is 0 Å². The number of methoxy groups -OCH3 is 1. The molecule has 0 unspecified atom stereocenters. The standard InChI is InChI=1S/C12H25NO3/c1-5-16-11(14)7-6-9-13-10-8-12(2,3)15-4/h13H,5-10H2,1-4H3. The lowest BCUT2D eigenvalue weighted by Crippen LogP contribution is -2.29. The van der Waals surface area contributed by atoms with Crippen LogP contribution in [0.2, 0.25) is 0 Å². The van der Waals surface area contributed by atoms with Crippen molar-refractivity contribution in [3.63, 3.8) is 0 Å². The molecule has 0 aliphatic heterocycles. The zero-order chi connectivity index (χ0) is 12.4. The number of hydrogen-bond acceptors (Lipinski definition) is 4. The minimum atomic E-state index is -0.110. The van der Waals surface area contributed by atoms with E-state index < -0.39 is 0 Å². The predicted molar refractivity (Wildman–Crippen MR) is 64.4 cm³/mol. The van der Waals surface area contributed by atoms with Crippen LogP contribution in [0, 0.1) is 0 Å². The van der Waals surface area contributed by atoms with Crippen molar-refractivity contribution in [2.45, 2.75) is 45.6 Å². The Balaban J connectivity index is 3.31. The molecule has 0 amide bonds. The molecule has 0 fully saturated rings. The first kappa shape index (κ1) is 15.4. The van der Waals surface area contributed by atoms with Gasteiger partial charge in [-0.2, -0.15) is 0 Å². The molecule has 0 radical (unpaired) electrons. The molecule has 0 aromatic rings. The maximum atomic E-state index is 11.0. The average molecular weight is 231 g/mol. The van der Waals surface area contributed by atoms with E-state index in [9.17, 15) is 4.79 Å². The van der Waals surface area contributed by atoms with Crippen LogP contribution in [0.25, 0.3) is 0 Å². The van der Waals surface area contributed by atoms with Gasteiger partial charge in [-0.3, -0.25) is 4.79 Å². The zero-order valence-electron chi connectivity index (χ0n) is 11.0. The molecule has 0 atom stereocenters. The molecule has 0 heterocycles. The van der Waals surface area contributed by atoms with Crippen LogP contribution in [0.1, 0.15) is 40.0 Å². The molecule has 0 saturated heterocycles. The number of nitrogens with one attached hydrogen (secondary N) is 1. The third kappa shape index (κ3) is 8.68. The molecule has 0 rings (SSSR count). The van der Waals surface area contributed by atoms with E-state index in [0.29, 0.717) is 13.0 Å². The highest BCUT2D eigenvalue weighted by Crippen LogP contribution is 2.11. The van der Waals surface area contributed by atoms with Crippen molar-refractivity contribution >= 4 is 5.97 Å². The normalized spacial score (nSPS) is 11.5. The zero-order valence-corrected chi connectivity index (χ0v) is 11.0. The molecule has 0 bridgehead atoms. The van der Waals surface area contributed by atoms with Crippen LogP contribution in [0.5, 0.6) is 0 Å². The molecule has 1 N–H and O–H groups in total. The highest BCUT2D eigenvalue weighted by Gasteiger charge is 2.14. The fourth-order valence-electron chi connectivity index (χ4n) is 1.21. The van der Waals surface area contributed by atoms with Gasteiger partial charge in [0, 0.05) is 13.5 Å². The van der Waals surface area contributed by atoms with Gasteiger partial charge in [-0.05, 0) is 46.7 Å². The fraction of sp³-hybridized carbons (Fsp3) is 0.917. The largest absolute Gasteiger partial charge is 0.466 e. The second kappa shape index (κ2) is 8.53. The Hall–Kier alpha value is -0.610. The van der Waals surface area contributed by atoms with Crippen LogP contribution in [0.3, 0.4) is 0 Å². The second-order valence-electron chi connectivity index (χ2n) is 4.37. The molecular formula is C12H25NO3. The minimum Gasteiger partial charge on any atom is -0.466 e. The van der Waals surface area contributed by atoms with Gasteiger partial charge in [0.2, 0.25) is 0 Å². The lowest BCUT2D eigenvalue weighted by molar-refractivity contribution is -0.143. The highest BCUT2D eigenvalue weighted by atomic mass is 16.5. The van der Waals surface area contributed by atoms with E-state index in [1.54, 1.807) is 7.11 Å². The van der Waals surface area contributed by atoms with Crippen molar-refractivity contribution in [1.29, 1.82) is 0 Å². The first-order chi connectivity index (χ1) is 7.52. The maximum absolute atomic E-state index is 11.0. The summed E-state index contributed by atoms with van der Waals surface area (Å²) in [6.45, 7) is 8.17. The molecule has 96 valence electrons. The van der Waals surface area contributed by atoms with Crippen LogP contribution in [0.15, 0.2) is 0 Å². The van der Waals surface area contributed by atoms with E-state index in [1.165, 1.54) is 0 Å².